The van der Waals surface area contributed by atoms with Gasteiger partial charge in [-0.05, 0) is 12.1 Å². The largest absolute Gasteiger partial charge is 0.377 e. The highest BCUT2D eigenvalue weighted by atomic mass is 32.2. The molecule has 20 heavy (non-hydrogen) atoms. The number of anilines is 1. The number of hydrogen-bond donors (Lipinski definition) is 2. The number of nitro benzene ring substituents is 1. The zero-order valence-electron chi connectivity index (χ0n) is 10.6. The molecule has 1 fully saturated rings. The van der Waals surface area contributed by atoms with E-state index < -0.39 is 15.9 Å². The van der Waals surface area contributed by atoms with E-state index >= 15 is 0 Å². The molecule has 0 bridgehead atoms. The molecule has 9 heteroatoms. The number of nitro groups is 1. The molecule has 0 radical (unpaired) electrons. The zero-order valence-corrected chi connectivity index (χ0v) is 11.4. The summed E-state index contributed by atoms with van der Waals surface area (Å²) in [7, 11) is -1.75. The van der Waals surface area contributed by atoms with Crippen molar-refractivity contribution in [3.8, 4) is 0 Å². The number of nitrogens with zero attached hydrogens (tertiary/aromatic N) is 1. The third kappa shape index (κ3) is 3.73. The summed E-state index contributed by atoms with van der Waals surface area (Å²) >= 11 is 0. The van der Waals surface area contributed by atoms with E-state index in [1.807, 2.05) is 0 Å². The van der Waals surface area contributed by atoms with Crippen molar-refractivity contribution in [2.75, 3.05) is 31.7 Å². The Labute approximate surface area is 118 Å². The van der Waals surface area contributed by atoms with Gasteiger partial charge in [-0.15, -0.1) is 0 Å². The molecular formula is C11H15N3O5S. The van der Waals surface area contributed by atoms with Gasteiger partial charge in [0.25, 0.3) is 5.69 Å². The van der Waals surface area contributed by atoms with Crippen LogP contribution in [0.5, 0.6) is 0 Å². The summed E-state index contributed by atoms with van der Waals surface area (Å²) in [6.45, 7) is 1.92. The molecule has 3 N–H and O–H groups in total. The fourth-order valence-corrected chi connectivity index (χ4v) is 2.25. The minimum Gasteiger partial charge on any atom is -0.377 e. The number of hydrogen-bond acceptors (Lipinski definition) is 6. The summed E-state index contributed by atoms with van der Waals surface area (Å²) in [6.07, 6.45) is -0.147. The Bertz CT molecular complexity index is 519. The topological polar surface area (TPSA) is 117 Å². The third-order valence-electron chi connectivity index (χ3n) is 2.80. The molecule has 0 saturated carbocycles. The van der Waals surface area contributed by atoms with Crippen molar-refractivity contribution in [3.63, 3.8) is 0 Å². The Balaban J connectivity index is 2.09. The van der Waals surface area contributed by atoms with E-state index in [0.29, 0.717) is 32.1 Å². The molecule has 0 aliphatic carbocycles. The molecule has 1 aromatic rings. The second-order valence-electron chi connectivity index (χ2n) is 4.18. The van der Waals surface area contributed by atoms with E-state index in [0.717, 1.165) is 0 Å². The predicted octanol–water partition coefficient (Wildman–Crippen LogP) is 0.403. The lowest BCUT2D eigenvalue weighted by Gasteiger charge is -2.23. The number of nitrogens with two attached hydrogens (primary N) is 1. The third-order valence-corrected chi connectivity index (χ3v) is 3.52. The molecule has 0 aromatic heterocycles. The van der Waals surface area contributed by atoms with Crippen molar-refractivity contribution >= 4 is 22.4 Å². The van der Waals surface area contributed by atoms with Crippen LogP contribution < -0.4 is 10.5 Å². The molecule has 0 amide bonds. The quantitative estimate of drug-likeness (QED) is 0.600. The standard InChI is InChI=1S/C11H15N3O5S/c12-20(17)9-1-2-10(11(5-9)14(15)16)13-6-8-7-18-3-4-19-8/h1-2,5,8,13H,3-4,6-7,12H2. The first kappa shape index (κ1) is 14.9. The SMILES string of the molecule is NS(=O)c1ccc(NCC2COCCO2)c([N+](=O)[O-])c1. The van der Waals surface area contributed by atoms with Crippen LogP contribution in [0.2, 0.25) is 0 Å². The minimum atomic E-state index is -1.75. The lowest BCUT2D eigenvalue weighted by Crippen LogP contribution is -2.34. The fourth-order valence-electron chi connectivity index (χ4n) is 1.82. The highest BCUT2D eigenvalue weighted by molar-refractivity contribution is 7.82. The van der Waals surface area contributed by atoms with Crippen LogP contribution in [0.25, 0.3) is 0 Å². The average molecular weight is 301 g/mol. The van der Waals surface area contributed by atoms with Crippen LogP contribution >= 0.6 is 0 Å². The van der Waals surface area contributed by atoms with Crippen LogP contribution in [0.4, 0.5) is 11.4 Å². The molecule has 1 aliphatic rings. The number of benzene rings is 1. The molecule has 2 unspecified atom stereocenters. The van der Waals surface area contributed by atoms with Gasteiger partial charge in [0.2, 0.25) is 0 Å². The monoisotopic (exact) mass is 301 g/mol. The van der Waals surface area contributed by atoms with Crippen molar-refractivity contribution in [2.45, 2.75) is 11.0 Å². The van der Waals surface area contributed by atoms with E-state index in [1.165, 1.54) is 18.2 Å². The Morgan fingerprint density at radius 2 is 2.30 bits per heavy atom. The minimum absolute atomic E-state index is 0.147. The Hall–Kier alpha value is -1.55. The molecule has 1 aliphatic heterocycles. The maximum absolute atomic E-state index is 11.1. The van der Waals surface area contributed by atoms with Crippen molar-refractivity contribution in [3.05, 3.63) is 28.3 Å². The first-order chi connectivity index (χ1) is 9.58. The van der Waals surface area contributed by atoms with E-state index in [-0.39, 0.29) is 16.7 Å². The molecule has 2 rings (SSSR count). The molecule has 1 aromatic carbocycles. The number of nitrogens with one attached hydrogen (secondary N) is 1. The molecule has 2 atom stereocenters. The lowest BCUT2D eigenvalue weighted by molar-refractivity contribution is -0.384. The van der Waals surface area contributed by atoms with Gasteiger partial charge >= 0.3 is 0 Å². The van der Waals surface area contributed by atoms with Crippen molar-refractivity contribution in [1.82, 2.24) is 0 Å². The first-order valence-corrected chi connectivity index (χ1v) is 7.17. The van der Waals surface area contributed by atoms with E-state index in [1.54, 1.807) is 0 Å². The Morgan fingerprint density at radius 3 is 2.90 bits per heavy atom. The van der Waals surface area contributed by atoms with Gasteiger partial charge in [-0.1, -0.05) is 0 Å². The second-order valence-corrected chi connectivity index (χ2v) is 5.25. The van der Waals surface area contributed by atoms with Crippen LogP contribution in [0.15, 0.2) is 23.1 Å². The van der Waals surface area contributed by atoms with Gasteiger partial charge in [0.05, 0.1) is 35.7 Å². The summed E-state index contributed by atoms with van der Waals surface area (Å²) < 4.78 is 21.8. The molecular weight excluding hydrogens is 286 g/mol. The predicted molar refractivity (Wildman–Crippen MR) is 72.7 cm³/mol. The van der Waals surface area contributed by atoms with Crippen LogP contribution in [0, 0.1) is 10.1 Å². The van der Waals surface area contributed by atoms with E-state index in [2.05, 4.69) is 5.32 Å². The molecule has 110 valence electrons. The zero-order chi connectivity index (χ0) is 14.5. The van der Waals surface area contributed by atoms with Gasteiger partial charge in [0.15, 0.2) is 0 Å². The van der Waals surface area contributed by atoms with Crippen molar-refractivity contribution < 1.29 is 18.6 Å². The van der Waals surface area contributed by atoms with E-state index in [9.17, 15) is 14.3 Å². The maximum Gasteiger partial charge on any atom is 0.293 e. The van der Waals surface area contributed by atoms with Crippen molar-refractivity contribution in [2.24, 2.45) is 5.14 Å². The Kier molecular flexibility index (Phi) is 5.01. The van der Waals surface area contributed by atoms with Crippen LogP contribution in [-0.2, 0) is 20.5 Å². The average Bonchev–Trinajstić information content (AvgIpc) is 2.45. The summed E-state index contributed by atoms with van der Waals surface area (Å²) in [5, 5.41) is 19.2. The van der Waals surface area contributed by atoms with Crippen molar-refractivity contribution in [1.29, 1.82) is 0 Å². The van der Waals surface area contributed by atoms with Crippen LogP contribution in [0.3, 0.4) is 0 Å². The molecule has 8 nitrogen and oxygen atoms in total. The fraction of sp³-hybridized carbons (Fsp3) is 0.455. The summed E-state index contributed by atoms with van der Waals surface area (Å²) in [6, 6.07) is 4.18. The Morgan fingerprint density at radius 1 is 1.50 bits per heavy atom. The highest BCUT2D eigenvalue weighted by Crippen LogP contribution is 2.26. The van der Waals surface area contributed by atoms with E-state index in [4.69, 9.17) is 14.6 Å². The first-order valence-electron chi connectivity index (χ1n) is 5.96. The number of ether oxygens (including phenoxy) is 2. The van der Waals surface area contributed by atoms with Gasteiger partial charge in [-0.2, -0.15) is 0 Å². The van der Waals surface area contributed by atoms with Gasteiger partial charge in [0, 0.05) is 12.6 Å². The van der Waals surface area contributed by atoms with Gasteiger partial charge in [-0.3, -0.25) is 10.1 Å². The van der Waals surface area contributed by atoms with Gasteiger partial charge < -0.3 is 14.8 Å². The van der Waals surface area contributed by atoms with Gasteiger partial charge in [-0.25, -0.2) is 9.35 Å². The lowest BCUT2D eigenvalue weighted by atomic mass is 10.2. The smallest absolute Gasteiger partial charge is 0.293 e. The molecule has 1 saturated heterocycles. The molecule has 0 spiro atoms. The summed E-state index contributed by atoms with van der Waals surface area (Å²) in [5.74, 6) is 0. The molecule has 1 heterocycles. The van der Waals surface area contributed by atoms with Crippen LogP contribution in [-0.4, -0.2) is 41.6 Å². The number of rotatable bonds is 5. The van der Waals surface area contributed by atoms with Crippen LogP contribution in [0.1, 0.15) is 0 Å². The maximum atomic E-state index is 11.1. The second kappa shape index (κ2) is 6.75. The van der Waals surface area contributed by atoms with Gasteiger partial charge in [0.1, 0.15) is 16.7 Å². The summed E-state index contributed by atoms with van der Waals surface area (Å²) in [5.41, 5.74) is 0.163. The normalized spacial score (nSPS) is 20.4. The highest BCUT2D eigenvalue weighted by Gasteiger charge is 2.19. The summed E-state index contributed by atoms with van der Waals surface area (Å²) in [4.78, 5) is 10.7.